The topological polar surface area (TPSA) is 58.8 Å². The Morgan fingerprint density at radius 1 is 1.24 bits per heavy atom. The second-order valence-corrected chi connectivity index (χ2v) is 6.16. The molecule has 21 heavy (non-hydrogen) atoms. The smallest absolute Gasteiger partial charge is 0.410 e. The maximum Gasteiger partial charge on any atom is 0.410 e. The highest BCUT2D eigenvalue weighted by Crippen LogP contribution is 2.22. The maximum absolute atomic E-state index is 13.2. The number of piperazine rings is 1. The molecular formula is C15H22FN3O2. The summed E-state index contributed by atoms with van der Waals surface area (Å²) < 4.78 is 18.5. The molecule has 0 unspecified atom stereocenters. The fraction of sp³-hybridized carbons (Fsp3) is 0.533. The van der Waals surface area contributed by atoms with Crippen LogP contribution >= 0.6 is 0 Å². The molecule has 1 fully saturated rings. The third-order valence-corrected chi connectivity index (χ3v) is 3.28. The zero-order valence-electron chi connectivity index (χ0n) is 12.7. The molecule has 1 saturated heterocycles. The number of rotatable bonds is 1. The standard InChI is InChI=1S/C15H22FN3O2/c1-15(2,3)21-14(20)19-8-6-18(7-9-19)11-4-5-12(16)13(17)10-11/h4-5,10H,6-9,17H2,1-3H3. The van der Waals surface area contributed by atoms with Gasteiger partial charge in [-0.05, 0) is 39.0 Å². The van der Waals surface area contributed by atoms with Gasteiger partial charge in [-0.25, -0.2) is 9.18 Å². The van der Waals surface area contributed by atoms with Gasteiger partial charge in [0.2, 0.25) is 0 Å². The molecule has 1 aromatic carbocycles. The fourth-order valence-electron chi connectivity index (χ4n) is 2.20. The number of hydrogen-bond acceptors (Lipinski definition) is 4. The van der Waals surface area contributed by atoms with Gasteiger partial charge in [-0.2, -0.15) is 0 Å². The SMILES string of the molecule is CC(C)(C)OC(=O)N1CCN(c2ccc(F)c(N)c2)CC1. The number of hydrogen-bond donors (Lipinski definition) is 1. The number of carbonyl (C=O) groups is 1. The van der Waals surface area contributed by atoms with E-state index in [-0.39, 0.29) is 11.8 Å². The number of nitrogens with two attached hydrogens (primary N) is 1. The number of nitrogens with zero attached hydrogens (tertiary/aromatic N) is 2. The van der Waals surface area contributed by atoms with Crippen LogP contribution in [0.25, 0.3) is 0 Å². The molecular weight excluding hydrogens is 273 g/mol. The Bertz CT molecular complexity index is 520. The van der Waals surface area contributed by atoms with Crippen molar-refractivity contribution in [3.05, 3.63) is 24.0 Å². The van der Waals surface area contributed by atoms with Crippen LogP contribution in [-0.4, -0.2) is 42.8 Å². The van der Waals surface area contributed by atoms with Gasteiger partial charge >= 0.3 is 6.09 Å². The Hall–Kier alpha value is -1.98. The first-order valence-corrected chi connectivity index (χ1v) is 7.04. The van der Waals surface area contributed by atoms with Crippen LogP contribution in [-0.2, 0) is 4.74 Å². The van der Waals surface area contributed by atoms with E-state index in [2.05, 4.69) is 4.90 Å². The second kappa shape index (κ2) is 5.79. The normalized spacial score (nSPS) is 16.0. The molecule has 6 heteroatoms. The zero-order valence-corrected chi connectivity index (χ0v) is 12.7. The maximum atomic E-state index is 13.2. The largest absolute Gasteiger partial charge is 0.444 e. The summed E-state index contributed by atoms with van der Waals surface area (Å²) in [7, 11) is 0. The van der Waals surface area contributed by atoms with Gasteiger partial charge < -0.3 is 20.3 Å². The van der Waals surface area contributed by atoms with Crippen molar-refractivity contribution < 1.29 is 13.9 Å². The highest BCUT2D eigenvalue weighted by atomic mass is 19.1. The number of nitrogen functional groups attached to an aromatic ring is 1. The van der Waals surface area contributed by atoms with Crippen LogP contribution in [0.2, 0.25) is 0 Å². The van der Waals surface area contributed by atoms with Crippen molar-refractivity contribution in [1.82, 2.24) is 4.90 Å². The lowest BCUT2D eigenvalue weighted by Crippen LogP contribution is -2.50. The molecule has 1 amide bonds. The van der Waals surface area contributed by atoms with Crippen molar-refractivity contribution in [1.29, 1.82) is 0 Å². The van der Waals surface area contributed by atoms with E-state index in [0.29, 0.717) is 26.2 Å². The van der Waals surface area contributed by atoms with E-state index in [0.717, 1.165) is 5.69 Å². The van der Waals surface area contributed by atoms with Crippen molar-refractivity contribution in [2.75, 3.05) is 36.8 Å². The third kappa shape index (κ3) is 4.00. The lowest BCUT2D eigenvalue weighted by Gasteiger charge is -2.36. The van der Waals surface area contributed by atoms with E-state index in [9.17, 15) is 9.18 Å². The van der Waals surface area contributed by atoms with Gasteiger partial charge in [0.1, 0.15) is 11.4 Å². The molecule has 0 aliphatic carbocycles. The van der Waals surface area contributed by atoms with Gasteiger partial charge in [0.05, 0.1) is 5.69 Å². The van der Waals surface area contributed by atoms with E-state index in [1.54, 1.807) is 17.0 Å². The van der Waals surface area contributed by atoms with Gasteiger partial charge in [-0.3, -0.25) is 0 Å². The number of carbonyl (C=O) groups excluding carboxylic acids is 1. The molecule has 116 valence electrons. The predicted octanol–water partition coefficient (Wildman–Crippen LogP) is 2.47. The highest BCUT2D eigenvalue weighted by Gasteiger charge is 2.26. The van der Waals surface area contributed by atoms with Crippen molar-refractivity contribution >= 4 is 17.5 Å². The summed E-state index contributed by atoms with van der Waals surface area (Å²) in [4.78, 5) is 15.7. The molecule has 0 atom stereocenters. The van der Waals surface area contributed by atoms with Crippen LogP contribution in [0.3, 0.4) is 0 Å². The van der Waals surface area contributed by atoms with Crippen LogP contribution in [0.1, 0.15) is 20.8 Å². The fourth-order valence-corrected chi connectivity index (χ4v) is 2.20. The molecule has 2 rings (SSSR count). The molecule has 5 nitrogen and oxygen atoms in total. The molecule has 1 aromatic rings. The third-order valence-electron chi connectivity index (χ3n) is 3.28. The zero-order chi connectivity index (χ0) is 15.6. The van der Waals surface area contributed by atoms with Gasteiger partial charge in [0.15, 0.2) is 0 Å². The monoisotopic (exact) mass is 295 g/mol. The van der Waals surface area contributed by atoms with Gasteiger partial charge in [-0.1, -0.05) is 0 Å². The lowest BCUT2D eigenvalue weighted by molar-refractivity contribution is 0.0240. The van der Waals surface area contributed by atoms with Crippen molar-refractivity contribution in [2.45, 2.75) is 26.4 Å². The first kappa shape index (κ1) is 15.4. The molecule has 1 heterocycles. The first-order chi connectivity index (χ1) is 9.76. The molecule has 0 aromatic heterocycles. The van der Waals surface area contributed by atoms with Crippen molar-refractivity contribution in [3.63, 3.8) is 0 Å². The van der Waals surface area contributed by atoms with Gasteiger partial charge in [0, 0.05) is 31.9 Å². The van der Waals surface area contributed by atoms with E-state index in [1.807, 2.05) is 20.8 Å². The van der Waals surface area contributed by atoms with Crippen LogP contribution in [0.15, 0.2) is 18.2 Å². The molecule has 2 N–H and O–H groups in total. The first-order valence-electron chi connectivity index (χ1n) is 7.04. The van der Waals surface area contributed by atoms with Crippen LogP contribution in [0.4, 0.5) is 20.6 Å². The minimum Gasteiger partial charge on any atom is -0.444 e. The summed E-state index contributed by atoms with van der Waals surface area (Å²) in [5.74, 6) is -0.411. The Kier molecular flexibility index (Phi) is 4.25. The number of benzene rings is 1. The number of ether oxygens (including phenoxy) is 1. The minimum atomic E-state index is -0.486. The highest BCUT2D eigenvalue weighted by molar-refractivity contribution is 5.68. The van der Waals surface area contributed by atoms with E-state index in [4.69, 9.17) is 10.5 Å². The lowest BCUT2D eigenvalue weighted by atomic mass is 10.2. The molecule has 0 radical (unpaired) electrons. The summed E-state index contributed by atoms with van der Waals surface area (Å²) in [6, 6.07) is 4.69. The van der Waals surface area contributed by atoms with Crippen LogP contribution in [0, 0.1) is 5.82 Å². The molecule has 1 aliphatic rings. The van der Waals surface area contributed by atoms with Crippen molar-refractivity contribution in [3.8, 4) is 0 Å². The van der Waals surface area contributed by atoms with Gasteiger partial charge in [0.25, 0.3) is 0 Å². The number of amides is 1. The Morgan fingerprint density at radius 3 is 2.38 bits per heavy atom. The second-order valence-electron chi connectivity index (χ2n) is 6.16. The number of anilines is 2. The summed E-state index contributed by atoms with van der Waals surface area (Å²) >= 11 is 0. The van der Waals surface area contributed by atoms with Gasteiger partial charge in [-0.15, -0.1) is 0 Å². The summed E-state index contributed by atoms with van der Waals surface area (Å²) in [6.45, 7) is 8.04. The summed E-state index contributed by atoms with van der Waals surface area (Å²) in [5, 5.41) is 0. The average Bonchev–Trinajstić information content (AvgIpc) is 2.40. The Balaban J connectivity index is 1.94. The number of halogens is 1. The van der Waals surface area contributed by atoms with Crippen LogP contribution in [0.5, 0.6) is 0 Å². The van der Waals surface area contributed by atoms with Crippen molar-refractivity contribution in [2.24, 2.45) is 0 Å². The van der Waals surface area contributed by atoms with E-state index >= 15 is 0 Å². The molecule has 0 saturated carbocycles. The summed E-state index contributed by atoms with van der Waals surface area (Å²) in [6.07, 6.45) is -0.291. The summed E-state index contributed by atoms with van der Waals surface area (Å²) in [5.41, 5.74) is 6.11. The van der Waals surface area contributed by atoms with E-state index in [1.165, 1.54) is 6.07 Å². The van der Waals surface area contributed by atoms with Crippen LogP contribution < -0.4 is 10.6 Å². The quantitative estimate of drug-likeness (QED) is 0.809. The van der Waals surface area contributed by atoms with E-state index < -0.39 is 11.4 Å². The minimum absolute atomic E-state index is 0.141. The Morgan fingerprint density at radius 2 is 1.86 bits per heavy atom. The molecule has 1 aliphatic heterocycles. The molecule has 0 spiro atoms. The molecule has 0 bridgehead atoms. The Labute approximate surface area is 124 Å². The predicted molar refractivity (Wildman–Crippen MR) is 80.8 cm³/mol. The average molecular weight is 295 g/mol.